The molecule has 1 heterocycles. The predicted molar refractivity (Wildman–Crippen MR) is 74.8 cm³/mol. The van der Waals surface area contributed by atoms with Crippen LogP contribution in [0.5, 0.6) is 0 Å². The van der Waals surface area contributed by atoms with Gasteiger partial charge in [-0.3, -0.25) is 0 Å². The van der Waals surface area contributed by atoms with E-state index in [0.717, 1.165) is 26.1 Å². The summed E-state index contributed by atoms with van der Waals surface area (Å²) in [5.41, 5.74) is 10.2. The highest BCUT2D eigenvalue weighted by molar-refractivity contribution is 5.29. The third kappa shape index (κ3) is 3.55. The van der Waals surface area contributed by atoms with Crippen molar-refractivity contribution in [3.05, 3.63) is 34.9 Å². The van der Waals surface area contributed by atoms with Crippen molar-refractivity contribution in [2.75, 3.05) is 26.7 Å². The average Bonchev–Trinajstić information content (AvgIpc) is 2.27. The maximum atomic E-state index is 6.29. The third-order valence-electron chi connectivity index (χ3n) is 3.53. The summed E-state index contributed by atoms with van der Waals surface area (Å²) in [7, 11) is 2.12. The second-order valence-corrected chi connectivity index (χ2v) is 5.54. The molecule has 2 atom stereocenters. The number of hydrogen-bond acceptors (Lipinski definition) is 3. The first-order chi connectivity index (χ1) is 8.54. The molecule has 0 radical (unpaired) electrons. The van der Waals surface area contributed by atoms with Gasteiger partial charge < -0.3 is 15.4 Å². The van der Waals surface area contributed by atoms with Crippen molar-refractivity contribution in [1.29, 1.82) is 0 Å². The van der Waals surface area contributed by atoms with E-state index < -0.39 is 0 Å². The molecule has 100 valence electrons. The van der Waals surface area contributed by atoms with E-state index in [1.165, 1.54) is 16.7 Å². The van der Waals surface area contributed by atoms with Crippen molar-refractivity contribution >= 4 is 0 Å². The molecule has 0 bridgehead atoms. The summed E-state index contributed by atoms with van der Waals surface area (Å²) in [6.07, 6.45) is 1.05. The minimum absolute atomic E-state index is 0.0777. The quantitative estimate of drug-likeness (QED) is 0.881. The van der Waals surface area contributed by atoms with E-state index in [1.807, 2.05) is 0 Å². The number of morpholine rings is 1. The Morgan fingerprint density at radius 1 is 1.33 bits per heavy atom. The molecule has 2 rings (SSSR count). The maximum Gasteiger partial charge on any atom is 0.0856 e. The lowest BCUT2D eigenvalue weighted by Gasteiger charge is -2.33. The molecule has 1 aliphatic rings. The molecule has 0 aliphatic carbocycles. The van der Waals surface area contributed by atoms with Crippen molar-refractivity contribution in [2.24, 2.45) is 5.73 Å². The van der Waals surface area contributed by atoms with Crippen LogP contribution in [0.1, 0.15) is 16.7 Å². The molecule has 1 aromatic rings. The second-order valence-electron chi connectivity index (χ2n) is 5.54. The SMILES string of the molecule is Cc1cc(C)cc(CC(N)C2CN(C)CCO2)c1. The first-order valence-electron chi connectivity index (χ1n) is 6.67. The van der Waals surface area contributed by atoms with Gasteiger partial charge in [-0.15, -0.1) is 0 Å². The van der Waals surface area contributed by atoms with E-state index >= 15 is 0 Å². The van der Waals surface area contributed by atoms with Crippen LogP contribution in [-0.4, -0.2) is 43.8 Å². The van der Waals surface area contributed by atoms with Crippen molar-refractivity contribution < 1.29 is 4.74 Å². The topological polar surface area (TPSA) is 38.5 Å². The molecule has 0 spiro atoms. The van der Waals surface area contributed by atoms with E-state index in [-0.39, 0.29) is 12.1 Å². The van der Waals surface area contributed by atoms with Crippen LogP contribution in [0.3, 0.4) is 0 Å². The summed E-state index contributed by atoms with van der Waals surface area (Å²) in [5, 5.41) is 0. The van der Waals surface area contributed by atoms with Gasteiger partial charge in [-0.25, -0.2) is 0 Å². The highest BCUT2D eigenvalue weighted by atomic mass is 16.5. The van der Waals surface area contributed by atoms with Crippen LogP contribution in [0.4, 0.5) is 0 Å². The summed E-state index contributed by atoms with van der Waals surface area (Å²) in [6.45, 7) is 7.00. The maximum absolute atomic E-state index is 6.29. The first kappa shape index (κ1) is 13.5. The zero-order valence-corrected chi connectivity index (χ0v) is 11.6. The summed E-state index contributed by atoms with van der Waals surface area (Å²) in [5.74, 6) is 0. The van der Waals surface area contributed by atoms with Gasteiger partial charge >= 0.3 is 0 Å². The third-order valence-corrected chi connectivity index (χ3v) is 3.53. The van der Waals surface area contributed by atoms with Gasteiger partial charge in [0, 0.05) is 19.1 Å². The molecule has 2 unspecified atom stereocenters. The highest BCUT2D eigenvalue weighted by Gasteiger charge is 2.24. The Kier molecular flexibility index (Phi) is 4.38. The zero-order chi connectivity index (χ0) is 13.1. The molecule has 0 aromatic heterocycles. The molecule has 1 aromatic carbocycles. The molecule has 18 heavy (non-hydrogen) atoms. The number of rotatable bonds is 3. The molecular formula is C15H24N2O. The van der Waals surface area contributed by atoms with Crippen LogP contribution in [-0.2, 0) is 11.2 Å². The Balaban J connectivity index is 1.99. The molecule has 1 saturated heterocycles. The van der Waals surface area contributed by atoms with E-state index in [9.17, 15) is 0 Å². The normalized spacial score (nSPS) is 23.0. The van der Waals surface area contributed by atoms with Gasteiger partial charge in [0.25, 0.3) is 0 Å². The minimum atomic E-state index is 0.0777. The molecule has 2 N–H and O–H groups in total. The standard InChI is InChI=1S/C15H24N2O/c1-11-6-12(2)8-13(7-11)9-14(16)15-10-17(3)4-5-18-15/h6-8,14-15H,4-5,9-10,16H2,1-3H3. The van der Waals surface area contributed by atoms with E-state index in [1.54, 1.807) is 0 Å². The van der Waals surface area contributed by atoms with Gasteiger partial charge in [-0.05, 0) is 32.9 Å². The van der Waals surface area contributed by atoms with Gasteiger partial charge in [0.15, 0.2) is 0 Å². The van der Waals surface area contributed by atoms with Gasteiger partial charge in [-0.1, -0.05) is 29.3 Å². The van der Waals surface area contributed by atoms with Crippen molar-refractivity contribution in [3.8, 4) is 0 Å². The van der Waals surface area contributed by atoms with Crippen LogP contribution in [0.25, 0.3) is 0 Å². The Morgan fingerprint density at radius 2 is 2.00 bits per heavy atom. The Hall–Kier alpha value is -0.900. The number of nitrogens with zero attached hydrogens (tertiary/aromatic N) is 1. The van der Waals surface area contributed by atoms with Crippen molar-refractivity contribution in [3.63, 3.8) is 0 Å². The number of nitrogens with two attached hydrogens (primary N) is 1. The predicted octanol–water partition coefficient (Wildman–Crippen LogP) is 1.50. The molecule has 0 saturated carbocycles. The number of aryl methyl sites for hydroxylation is 2. The Morgan fingerprint density at radius 3 is 2.61 bits per heavy atom. The second kappa shape index (κ2) is 5.83. The number of likely N-dealkylation sites (N-methyl/N-ethyl adjacent to an activating group) is 1. The van der Waals surface area contributed by atoms with Crippen molar-refractivity contribution in [2.45, 2.75) is 32.4 Å². The monoisotopic (exact) mass is 248 g/mol. The lowest BCUT2D eigenvalue weighted by atomic mass is 9.98. The minimum Gasteiger partial charge on any atom is -0.374 e. The van der Waals surface area contributed by atoms with Crippen LogP contribution in [0.15, 0.2) is 18.2 Å². The summed E-state index contributed by atoms with van der Waals surface area (Å²) in [6, 6.07) is 6.72. The van der Waals surface area contributed by atoms with Gasteiger partial charge in [-0.2, -0.15) is 0 Å². The number of benzene rings is 1. The molecule has 3 heteroatoms. The van der Waals surface area contributed by atoms with Crippen molar-refractivity contribution in [1.82, 2.24) is 4.90 Å². The lowest BCUT2D eigenvalue weighted by molar-refractivity contribution is -0.0319. The summed E-state index contributed by atoms with van der Waals surface area (Å²) in [4.78, 5) is 2.29. The van der Waals surface area contributed by atoms with Crippen LogP contribution >= 0.6 is 0 Å². The fourth-order valence-corrected chi connectivity index (χ4v) is 2.66. The van der Waals surface area contributed by atoms with E-state index in [0.29, 0.717) is 0 Å². The van der Waals surface area contributed by atoms with Gasteiger partial charge in [0.2, 0.25) is 0 Å². The van der Waals surface area contributed by atoms with E-state index in [4.69, 9.17) is 10.5 Å². The summed E-state index contributed by atoms with van der Waals surface area (Å²) >= 11 is 0. The van der Waals surface area contributed by atoms with E-state index in [2.05, 4.69) is 44.0 Å². The largest absolute Gasteiger partial charge is 0.374 e. The molecule has 1 aliphatic heterocycles. The number of ether oxygens (including phenoxy) is 1. The lowest BCUT2D eigenvalue weighted by Crippen LogP contribution is -2.50. The van der Waals surface area contributed by atoms with Crippen LogP contribution < -0.4 is 5.73 Å². The summed E-state index contributed by atoms with van der Waals surface area (Å²) < 4.78 is 5.78. The van der Waals surface area contributed by atoms with Gasteiger partial charge in [0.1, 0.15) is 0 Å². The average molecular weight is 248 g/mol. The molecule has 0 amide bonds. The van der Waals surface area contributed by atoms with Gasteiger partial charge in [0.05, 0.1) is 12.7 Å². The van der Waals surface area contributed by atoms with Crippen LogP contribution in [0, 0.1) is 13.8 Å². The Bertz CT molecular complexity index is 385. The molecule has 1 fully saturated rings. The zero-order valence-electron chi connectivity index (χ0n) is 11.6. The number of hydrogen-bond donors (Lipinski definition) is 1. The smallest absolute Gasteiger partial charge is 0.0856 e. The first-order valence-corrected chi connectivity index (χ1v) is 6.67. The fraction of sp³-hybridized carbons (Fsp3) is 0.600. The van der Waals surface area contributed by atoms with Crippen LogP contribution in [0.2, 0.25) is 0 Å². The Labute approximate surface area is 110 Å². The molecule has 3 nitrogen and oxygen atoms in total. The molecular weight excluding hydrogens is 224 g/mol. The fourth-order valence-electron chi connectivity index (χ4n) is 2.66. The highest BCUT2D eigenvalue weighted by Crippen LogP contribution is 2.14.